The highest BCUT2D eigenvalue weighted by molar-refractivity contribution is 5.93. The Balaban J connectivity index is 1.68. The van der Waals surface area contributed by atoms with E-state index in [1.54, 1.807) is 4.90 Å². The molecule has 0 aromatic carbocycles. The molecule has 178 valence electrons. The van der Waals surface area contributed by atoms with Crippen molar-refractivity contribution in [3.05, 3.63) is 0 Å². The van der Waals surface area contributed by atoms with Gasteiger partial charge < -0.3 is 30.3 Å². The van der Waals surface area contributed by atoms with Crippen LogP contribution < -0.4 is 15.7 Å². The molecule has 0 spiro atoms. The zero-order valence-corrected chi connectivity index (χ0v) is 18.5. The smallest absolute Gasteiger partial charge is 0.245 e. The number of piperazine rings is 1. The SMILES string of the molecule is O=C([O-])CCCC(=O)N1CCN(C(=O)C2CCCCC2)C[C@@H]1C(=O)N[C@H]1CCCNC1=O. The fraction of sp³-hybridized carbons (Fsp3) is 0.773. The van der Waals surface area contributed by atoms with Crippen LogP contribution in [0.4, 0.5) is 0 Å². The number of nitrogens with zero attached hydrogens (tertiary/aromatic N) is 2. The number of amides is 4. The Morgan fingerprint density at radius 2 is 1.75 bits per heavy atom. The molecule has 1 saturated carbocycles. The summed E-state index contributed by atoms with van der Waals surface area (Å²) in [5, 5.41) is 16.1. The van der Waals surface area contributed by atoms with Crippen molar-refractivity contribution in [2.24, 2.45) is 5.92 Å². The zero-order valence-electron chi connectivity index (χ0n) is 18.5. The molecule has 2 atom stereocenters. The van der Waals surface area contributed by atoms with E-state index in [9.17, 15) is 29.1 Å². The number of carbonyl (C=O) groups excluding carboxylic acids is 5. The lowest BCUT2D eigenvalue weighted by Crippen LogP contribution is -2.64. The minimum Gasteiger partial charge on any atom is -0.550 e. The second-order valence-corrected chi connectivity index (χ2v) is 8.94. The minimum atomic E-state index is -1.22. The van der Waals surface area contributed by atoms with Crippen LogP contribution in [-0.4, -0.2) is 77.7 Å². The third kappa shape index (κ3) is 6.20. The van der Waals surface area contributed by atoms with Crippen molar-refractivity contribution in [2.75, 3.05) is 26.2 Å². The van der Waals surface area contributed by atoms with E-state index in [1.807, 2.05) is 0 Å². The van der Waals surface area contributed by atoms with Gasteiger partial charge in [0.15, 0.2) is 0 Å². The molecule has 0 aromatic rings. The Kier molecular flexibility index (Phi) is 8.46. The molecule has 2 saturated heterocycles. The highest BCUT2D eigenvalue weighted by atomic mass is 16.4. The van der Waals surface area contributed by atoms with E-state index in [-0.39, 0.29) is 56.0 Å². The molecule has 32 heavy (non-hydrogen) atoms. The number of rotatable bonds is 7. The van der Waals surface area contributed by atoms with Gasteiger partial charge in [0.05, 0.1) is 6.54 Å². The molecule has 1 aliphatic carbocycles. The molecule has 0 bridgehead atoms. The average Bonchev–Trinajstić information content (AvgIpc) is 2.80. The number of hydrogen-bond donors (Lipinski definition) is 2. The van der Waals surface area contributed by atoms with E-state index in [1.165, 1.54) is 4.90 Å². The van der Waals surface area contributed by atoms with Crippen LogP contribution in [0.2, 0.25) is 0 Å². The number of nitrogens with one attached hydrogen (secondary N) is 2. The van der Waals surface area contributed by atoms with Crippen LogP contribution in [0, 0.1) is 5.92 Å². The third-order valence-corrected chi connectivity index (χ3v) is 6.64. The molecule has 10 nitrogen and oxygen atoms in total. The minimum absolute atomic E-state index is 0.0156. The van der Waals surface area contributed by atoms with E-state index < -0.39 is 24.0 Å². The molecule has 10 heteroatoms. The standard InChI is InChI=1S/C22H34N4O6/c27-18(9-4-10-19(28)29)26-13-12-25(22(32)15-6-2-1-3-7-15)14-17(26)21(31)24-16-8-5-11-23-20(16)30/h15-17H,1-14H2,(H,23,30)(H,24,31)(H,28,29)/p-1/t16-,17+/m0/s1. The highest BCUT2D eigenvalue weighted by Gasteiger charge is 2.39. The van der Waals surface area contributed by atoms with Gasteiger partial charge in [0.2, 0.25) is 23.6 Å². The molecule has 2 heterocycles. The fourth-order valence-corrected chi connectivity index (χ4v) is 4.82. The van der Waals surface area contributed by atoms with Gasteiger partial charge in [-0.1, -0.05) is 19.3 Å². The van der Waals surface area contributed by atoms with Crippen LogP contribution in [0.25, 0.3) is 0 Å². The van der Waals surface area contributed by atoms with E-state index in [0.29, 0.717) is 19.5 Å². The summed E-state index contributed by atoms with van der Waals surface area (Å²) in [6, 6.07) is -1.56. The number of carbonyl (C=O) groups is 5. The van der Waals surface area contributed by atoms with Crippen molar-refractivity contribution in [1.82, 2.24) is 20.4 Å². The fourth-order valence-electron chi connectivity index (χ4n) is 4.82. The summed E-state index contributed by atoms with van der Waals surface area (Å²) in [6.07, 6.45) is 6.02. The first-order valence-corrected chi connectivity index (χ1v) is 11.7. The maximum absolute atomic E-state index is 13.1. The Hall–Kier alpha value is -2.65. The molecular weight excluding hydrogens is 416 g/mol. The van der Waals surface area contributed by atoms with Crippen LogP contribution in [0.3, 0.4) is 0 Å². The number of aliphatic carboxylic acids is 1. The number of carboxylic acid groups (broad SMARTS) is 1. The molecule has 0 aromatic heterocycles. The quantitative estimate of drug-likeness (QED) is 0.507. The van der Waals surface area contributed by atoms with Crippen LogP contribution in [0.5, 0.6) is 0 Å². The topological polar surface area (TPSA) is 139 Å². The number of carboxylic acids is 1. The summed E-state index contributed by atoms with van der Waals surface area (Å²) in [6.45, 7) is 1.20. The Morgan fingerprint density at radius 1 is 1.00 bits per heavy atom. The van der Waals surface area contributed by atoms with Gasteiger partial charge in [-0.3, -0.25) is 19.2 Å². The summed E-state index contributed by atoms with van der Waals surface area (Å²) in [4.78, 5) is 64.8. The van der Waals surface area contributed by atoms with Crippen LogP contribution in [-0.2, 0) is 24.0 Å². The second-order valence-electron chi connectivity index (χ2n) is 8.94. The molecule has 2 N–H and O–H groups in total. The summed E-state index contributed by atoms with van der Waals surface area (Å²) in [5.41, 5.74) is 0. The van der Waals surface area contributed by atoms with Gasteiger partial charge in [0.25, 0.3) is 0 Å². The zero-order chi connectivity index (χ0) is 23.1. The molecular formula is C22H33N4O6-. The number of piperidine rings is 1. The van der Waals surface area contributed by atoms with Crippen molar-refractivity contribution in [2.45, 2.75) is 76.3 Å². The molecule has 0 unspecified atom stereocenters. The van der Waals surface area contributed by atoms with Crippen molar-refractivity contribution in [3.8, 4) is 0 Å². The van der Waals surface area contributed by atoms with Gasteiger partial charge in [-0.05, 0) is 38.5 Å². The second kappa shape index (κ2) is 11.3. The summed E-state index contributed by atoms with van der Waals surface area (Å²) < 4.78 is 0. The molecule has 3 rings (SSSR count). The van der Waals surface area contributed by atoms with Gasteiger partial charge in [-0.15, -0.1) is 0 Å². The molecule has 3 aliphatic rings. The highest BCUT2D eigenvalue weighted by Crippen LogP contribution is 2.26. The van der Waals surface area contributed by atoms with Crippen LogP contribution in [0.1, 0.15) is 64.2 Å². The lowest BCUT2D eigenvalue weighted by atomic mass is 9.88. The maximum atomic E-state index is 13.1. The van der Waals surface area contributed by atoms with Gasteiger partial charge in [0.1, 0.15) is 12.1 Å². The van der Waals surface area contributed by atoms with E-state index in [4.69, 9.17) is 0 Å². The van der Waals surface area contributed by atoms with Crippen molar-refractivity contribution in [1.29, 1.82) is 0 Å². The van der Waals surface area contributed by atoms with E-state index in [0.717, 1.165) is 38.5 Å². The molecule has 3 fully saturated rings. The van der Waals surface area contributed by atoms with Crippen molar-refractivity contribution < 1.29 is 29.1 Å². The Labute approximate surface area is 188 Å². The molecule has 2 aliphatic heterocycles. The lowest BCUT2D eigenvalue weighted by molar-refractivity contribution is -0.305. The summed E-state index contributed by atoms with van der Waals surface area (Å²) in [7, 11) is 0. The van der Waals surface area contributed by atoms with Gasteiger partial charge in [-0.25, -0.2) is 0 Å². The summed E-state index contributed by atoms with van der Waals surface area (Å²) >= 11 is 0. The first-order valence-electron chi connectivity index (χ1n) is 11.7. The molecule has 0 radical (unpaired) electrons. The van der Waals surface area contributed by atoms with Crippen molar-refractivity contribution >= 4 is 29.6 Å². The molecule has 4 amide bonds. The monoisotopic (exact) mass is 449 g/mol. The van der Waals surface area contributed by atoms with Crippen molar-refractivity contribution in [3.63, 3.8) is 0 Å². The van der Waals surface area contributed by atoms with Crippen LogP contribution in [0.15, 0.2) is 0 Å². The van der Waals surface area contributed by atoms with Gasteiger partial charge in [-0.2, -0.15) is 0 Å². The van der Waals surface area contributed by atoms with E-state index >= 15 is 0 Å². The lowest BCUT2D eigenvalue weighted by Gasteiger charge is -2.42. The van der Waals surface area contributed by atoms with Gasteiger partial charge >= 0.3 is 0 Å². The maximum Gasteiger partial charge on any atom is 0.245 e. The summed E-state index contributed by atoms with van der Waals surface area (Å²) in [5.74, 6) is -2.27. The third-order valence-electron chi connectivity index (χ3n) is 6.64. The average molecular weight is 450 g/mol. The first-order chi connectivity index (χ1) is 15.4. The normalized spacial score (nSPS) is 24.6. The first kappa shape index (κ1) is 24.0. The number of hydrogen-bond acceptors (Lipinski definition) is 6. The van der Waals surface area contributed by atoms with Crippen LogP contribution >= 0.6 is 0 Å². The predicted octanol–water partition coefficient (Wildman–Crippen LogP) is -1.08. The van der Waals surface area contributed by atoms with E-state index in [2.05, 4.69) is 10.6 Å². The predicted molar refractivity (Wildman–Crippen MR) is 112 cm³/mol. The largest absolute Gasteiger partial charge is 0.550 e. The van der Waals surface area contributed by atoms with Gasteiger partial charge in [0, 0.05) is 37.9 Å². The Bertz CT molecular complexity index is 736. The Morgan fingerprint density at radius 3 is 2.44 bits per heavy atom.